The third-order valence-corrected chi connectivity index (χ3v) is 5.93. The molecule has 0 amide bonds. The van der Waals surface area contributed by atoms with Crippen molar-refractivity contribution in [2.45, 2.75) is 38.0 Å². The Balaban J connectivity index is 1.75. The topological polar surface area (TPSA) is 59.9 Å². The van der Waals surface area contributed by atoms with E-state index in [0.717, 1.165) is 11.1 Å². The lowest BCUT2D eigenvalue weighted by atomic mass is 9.82. The number of aromatic nitrogens is 3. The van der Waals surface area contributed by atoms with Gasteiger partial charge in [-0.1, -0.05) is 31.4 Å². The molecule has 1 aromatic carbocycles. The highest BCUT2D eigenvalue weighted by atomic mass is 32.1. The molecular weight excluding hydrogens is 358 g/mol. The lowest BCUT2D eigenvalue weighted by Gasteiger charge is -2.23. The first-order valence-corrected chi connectivity index (χ1v) is 9.84. The molecule has 138 valence electrons. The van der Waals surface area contributed by atoms with Crippen LogP contribution in [0.4, 0.5) is 0 Å². The molecule has 1 N–H and O–H groups in total. The zero-order chi connectivity index (χ0) is 18.4. The largest absolute Gasteiger partial charge is 0.472 e. The van der Waals surface area contributed by atoms with Gasteiger partial charge >= 0.3 is 4.84 Å². The quantitative estimate of drug-likeness (QED) is 0.431. The number of furan rings is 1. The van der Waals surface area contributed by atoms with Gasteiger partial charge in [0.15, 0.2) is 5.82 Å². The van der Waals surface area contributed by atoms with E-state index in [4.69, 9.17) is 21.2 Å². The van der Waals surface area contributed by atoms with Crippen molar-refractivity contribution in [3.63, 3.8) is 0 Å². The van der Waals surface area contributed by atoms with Crippen LogP contribution in [0.3, 0.4) is 0 Å². The van der Waals surface area contributed by atoms with Crippen LogP contribution in [0.25, 0.3) is 33.5 Å². The summed E-state index contributed by atoms with van der Waals surface area (Å²) in [5, 5.41) is 4.12. The highest BCUT2D eigenvalue weighted by molar-refractivity contribution is 7.71. The number of aryl methyl sites for hydroxylation is 1. The summed E-state index contributed by atoms with van der Waals surface area (Å²) in [7, 11) is 2.13. The number of rotatable bonds is 3. The van der Waals surface area contributed by atoms with Crippen molar-refractivity contribution in [1.82, 2.24) is 14.7 Å². The minimum atomic E-state index is 0.221. The van der Waals surface area contributed by atoms with Gasteiger partial charge < -0.3 is 13.5 Å². The summed E-state index contributed by atoms with van der Waals surface area (Å²) in [5.41, 5.74) is 6.00. The predicted octanol–water partition coefficient (Wildman–Crippen LogP) is 6.20. The molecule has 1 fully saturated rings. The van der Waals surface area contributed by atoms with E-state index in [1.807, 2.05) is 6.26 Å². The molecule has 0 spiro atoms. The van der Waals surface area contributed by atoms with Crippen molar-refractivity contribution in [2.24, 2.45) is 7.05 Å². The minimum absolute atomic E-state index is 0.221. The van der Waals surface area contributed by atoms with Crippen molar-refractivity contribution >= 4 is 23.1 Å². The van der Waals surface area contributed by atoms with Gasteiger partial charge in [-0.05, 0) is 48.7 Å². The molecule has 0 unspecified atom stereocenters. The van der Waals surface area contributed by atoms with Crippen LogP contribution < -0.4 is 0 Å². The lowest BCUT2D eigenvalue weighted by Crippen LogP contribution is -2.06. The van der Waals surface area contributed by atoms with Gasteiger partial charge in [0.1, 0.15) is 0 Å². The number of nitrogens with one attached hydrogen (secondary N) is 1. The summed E-state index contributed by atoms with van der Waals surface area (Å²) in [6.45, 7) is 0. The fourth-order valence-electron chi connectivity index (χ4n) is 4.52. The molecule has 1 saturated carbocycles. The maximum Gasteiger partial charge on any atom is 0.314 e. The number of H-pyrrole nitrogens is 1. The number of nitrogens with zero attached hydrogens (tertiary/aromatic N) is 2. The SMILES string of the molecule is Cn1c(-c2ccoc2)c(C2CCCCC2)c2ccc(-c3nc(=S)o[nH]3)cc21. The van der Waals surface area contributed by atoms with Gasteiger partial charge in [-0.2, -0.15) is 4.98 Å². The normalized spacial score (nSPS) is 15.6. The standard InChI is InChI=1S/C21H21N3O2S/c1-24-17-11-14(20-22-21(27)26-23-20)7-8-16(17)18(13-5-3-2-4-6-13)19(24)15-9-10-25-12-15/h7-13H,2-6H2,1H3,(H,22,23,27). The van der Waals surface area contributed by atoms with E-state index in [1.54, 1.807) is 6.26 Å². The molecule has 0 saturated heterocycles. The zero-order valence-electron chi connectivity index (χ0n) is 15.2. The van der Waals surface area contributed by atoms with Crippen LogP contribution in [0.5, 0.6) is 0 Å². The summed E-state index contributed by atoms with van der Waals surface area (Å²) < 4.78 is 12.8. The Morgan fingerprint density at radius 2 is 2.00 bits per heavy atom. The van der Waals surface area contributed by atoms with Crippen molar-refractivity contribution < 1.29 is 8.94 Å². The fourth-order valence-corrected chi connectivity index (χ4v) is 4.65. The Bertz CT molecular complexity index is 1140. The van der Waals surface area contributed by atoms with E-state index in [1.165, 1.54) is 54.3 Å². The molecule has 0 atom stereocenters. The predicted molar refractivity (Wildman–Crippen MR) is 107 cm³/mol. The Morgan fingerprint density at radius 3 is 2.70 bits per heavy atom. The van der Waals surface area contributed by atoms with Crippen molar-refractivity contribution in [3.8, 4) is 22.6 Å². The molecule has 6 heteroatoms. The van der Waals surface area contributed by atoms with Gasteiger partial charge in [0.25, 0.3) is 0 Å². The molecular formula is C21H21N3O2S. The minimum Gasteiger partial charge on any atom is -0.472 e. The average Bonchev–Trinajstić information content (AvgIpc) is 3.42. The molecule has 0 bridgehead atoms. The van der Waals surface area contributed by atoms with Crippen LogP contribution in [0.2, 0.25) is 0 Å². The molecule has 1 aliphatic rings. The van der Waals surface area contributed by atoms with E-state index >= 15 is 0 Å². The molecule has 5 rings (SSSR count). The van der Waals surface area contributed by atoms with Crippen LogP contribution in [0, 0.1) is 4.84 Å². The molecule has 3 heterocycles. The third kappa shape index (κ3) is 2.75. The van der Waals surface area contributed by atoms with E-state index in [2.05, 4.69) is 46.0 Å². The highest BCUT2D eigenvalue weighted by Gasteiger charge is 2.26. The van der Waals surface area contributed by atoms with E-state index in [9.17, 15) is 0 Å². The van der Waals surface area contributed by atoms with E-state index in [-0.39, 0.29) is 4.84 Å². The number of benzene rings is 1. The molecule has 27 heavy (non-hydrogen) atoms. The number of hydrogen-bond donors (Lipinski definition) is 1. The Labute approximate surface area is 162 Å². The van der Waals surface area contributed by atoms with Crippen LogP contribution in [0.15, 0.2) is 45.7 Å². The van der Waals surface area contributed by atoms with Gasteiger partial charge in [0.05, 0.1) is 18.2 Å². The summed E-state index contributed by atoms with van der Waals surface area (Å²) in [4.78, 5) is 4.48. The van der Waals surface area contributed by atoms with Crippen LogP contribution >= 0.6 is 12.2 Å². The second-order valence-electron chi connectivity index (χ2n) is 7.33. The monoisotopic (exact) mass is 379 g/mol. The first-order chi connectivity index (χ1) is 13.2. The Kier molecular flexibility index (Phi) is 4.01. The molecule has 1 aliphatic carbocycles. The Hall–Kier alpha value is -2.60. The smallest absolute Gasteiger partial charge is 0.314 e. The molecule has 0 aliphatic heterocycles. The molecule has 4 aromatic rings. The second kappa shape index (κ2) is 6.53. The average molecular weight is 379 g/mol. The summed E-state index contributed by atoms with van der Waals surface area (Å²) in [5.74, 6) is 1.25. The van der Waals surface area contributed by atoms with Gasteiger partial charge in [-0.3, -0.25) is 0 Å². The van der Waals surface area contributed by atoms with Crippen LogP contribution in [-0.2, 0) is 7.05 Å². The van der Waals surface area contributed by atoms with Gasteiger partial charge in [-0.25, -0.2) is 5.16 Å². The molecule has 0 radical (unpaired) electrons. The summed E-state index contributed by atoms with van der Waals surface area (Å²) in [6.07, 6.45) is 10.1. The maximum atomic E-state index is 5.41. The fraction of sp³-hybridized carbons (Fsp3) is 0.333. The van der Waals surface area contributed by atoms with Crippen LogP contribution in [0.1, 0.15) is 43.6 Å². The van der Waals surface area contributed by atoms with Crippen molar-refractivity contribution in [2.75, 3.05) is 0 Å². The number of hydrogen-bond acceptors (Lipinski definition) is 4. The molecule has 5 nitrogen and oxygen atoms in total. The molecule has 3 aromatic heterocycles. The highest BCUT2D eigenvalue weighted by Crippen LogP contribution is 2.44. The van der Waals surface area contributed by atoms with E-state index < -0.39 is 0 Å². The lowest BCUT2D eigenvalue weighted by molar-refractivity contribution is 0.406. The second-order valence-corrected chi connectivity index (χ2v) is 7.68. The Morgan fingerprint density at radius 1 is 1.15 bits per heavy atom. The first kappa shape index (κ1) is 16.6. The van der Waals surface area contributed by atoms with Crippen molar-refractivity contribution in [1.29, 1.82) is 0 Å². The van der Waals surface area contributed by atoms with Gasteiger partial charge in [-0.15, -0.1) is 0 Å². The van der Waals surface area contributed by atoms with Crippen LogP contribution in [-0.4, -0.2) is 14.7 Å². The van der Waals surface area contributed by atoms with Gasteiger partial charge in [0, 0.05) is 29.1 Å². The maximum absolute atomic E-state index is 5.41. The summed E-state index contributed by atoms with van der Waals surface area (Å²) in [6, 6.07) is 8.52. The third-order valence-electron chi connectivity index (χ3n) is 5.76. The summed E-state index contributed by atoms with van der Waals surface area (Å²) >= 11 is 4.99. The van der Waals surface area contributed by atoms with Crippen molar-refractivity contribution in [3.05, 3.63) is 47.2 Å². The number of fused-ring (bicyclic) bond motifs is 1. The van der Waals surface area contributed by atoms with E-state index in [0.29, 0.717) is 11.7 Å². The zero-order valence-corrected chi connectivity index (χ0v) is 16.0. The van der Waals surface area contributed by atoms with Gasteiger partial charge in [0.2, 0.25) is 0 Å². The number of aromatic amines is 1. The first-order valence-electron chi connectivity index (χ1n) is 9.43.